The molecule has 0 aromatic carbocycles. The van der Waals surface area contributed by atoms with Gasteiger partial charge in [0.1, 0.15) is 17.5 Å². The van der Waals surface area contributed by atoms with Crippen LogP contribution in [0.1, 0.15) is 27.2 Å². The molecular weight excluding hydrogens is 164 g/mol. The van der Waals surface area contributed by atoms with Crippen LogP contribution in [0.15, 0.2) is 23.3 Å². The van der Waals surface area contributed by atoms with Gasteiger partial charge in [0.2, 0.25) is 0 Å². The van der Waals surface area contributed by atoms with Gasteiger partial charge in [-0.2, -0.15) is 0 Å². The second kappa shape index (κ2) is 3.29. The van der Waals surface area contributed by atoms with Gasteiger partial charge < -0.3 is 4.79 Å². The largest absolute Gasteiger partial charge is 0.302 e. The minimum atomic E-state index is -0.876. The van der Waals surface area contributed by atoms with Crippen LogP contribution in [-0.4, -0.2) is 12.1 Å². The Labute approximate surface area is 78.3 Å². The van der Waals surface area contributed by atoms with Gasteiger partial charge in [-0.1, -0.05) is 23.3 Å². The molecule has 0 N–H and O–H groups in total. The van der Waals surface area contributed by atoms with E-state index in [4.69, 9.17) is 0 Å². The molecule has 0 saturated carbocycles. The Balaban J connectivity index is 3.17. The molecule has 70 valence electrons. The summed E-state index contributed by atoms with van der Waals surface area (Å²) in [5.41, 5.74) is 1.05. The van der Waals surface area contributed by atoms with Gasteiger partial charge >= 0.3 is 0 Å². The quantitative estimate of drug-likeness (QED) is 0.479. The standard InChI is InChI=1S/C11H14O2/c1-8-4-5-9(2)11(6-8,7-12)10(3)13/h4-5,7H,6H2,1-3H3. The van der Waals surface area contributed by atoms with Crippen molar-refractivity contribution in [1.82, 2.24) is 0 Å². The fourth-order valence-electron chi connectivity index (χ4n) is 1.67. The Morgan fingerprint density at radius 2 is 2.08 bits per heavy atom. The van der Waals surface area contributed by atoms with Crippen LogP contribution in [0.3, 0.4) is 0 Å². The second-order valence-corrected chi connectivity index (χ2v) is 3.68. The van der Waals surface area contributed by atoms with E-state index in [9.17, 15) is 9.59 Å². The Morgan fingerprint density at radius 3 is 2.46 bits per heavy atom. The number of carbonyl (C=O) groups excluding carboxylic acids is 2. The maximum atomic E-state index is 11.4. The van der Waals surface area contributed by atoms with Gasteiger partial charge in [0.05, 0.1) is 0 Å². The van der Waals surface area contributed by atoms with Gasteiger partial charge in [-0.05, 0) is 27.2 Å². The molecule has 0 aromatic heterocycles. The fourth-order valence-corrected chi connectivity index (χ4v) is 1.67. The summed E-state index contributed by atoms with van der Waals surface area (Å²) in [5, 5.41) is 0. The number of carbonyl (C=O) groups is 2. The van der Waals surface area contributed by atoms with Crippen molar-refractivity contribution in [1.29, 1.82) is 0 Å². The Kier molecular flexibility index (Phi) is 2.50. The molecule has 0 fully saturated rings. The first kappa shape index (κ1) is 9.90. The number of hydrogen-bond acceptors (Lipinski definition) is 2. The summed E-state index contributed by atoms with van der Waals surface area (Å²) in [6.07, 6.45) is 5.13. The Bertz CT molecular complexity index is 310. The molecule has 0 amide bonds. The van der Waals surface area contributed by atoms with E-state index in [0.717, 1.165) is 17.4 Å². The van der Waals surface area contributed by atoms with E-state index in [1.54, 1.807) is 0 Å². The van der Waals surface area contributed by atoms with Gasteiger partial charge in [-0.25, -0.2) is 0 Å². The summed E-state index contributed by atoms with van der Waals surface area (Å²) in [6.45, 7) is 5.24. The van der Waals surface area contributed by atoms with Crippen molar-refractivity contribution >= 4 is 12.1 Å². The highest BCUT2D eigenvalue weighted by Crippen LogP contribution is 2.36. The normalized spacial score (nSPS) is 27.6. The molecule has 0 heterocycles. The summed E-state index contributed by atoms with van der Waals surface area (Å²) in [7, 11) is 0. The zero-order valence-electron chi connectivity index (χ0n) is 8.26. The molecule has 1 rings (SSSR count). The minimum absolute atomic E-state index is 0.0660. The molecule has 2 heteroatoms. The zero-order chi connectivity index (χ0) is 10.1. The van der Waals surface area contributed by atoms with E-state index in [1.165, 1.54) is 6.92 Å². The number of allylic oxidation sites excluding steroid dienone is 4. The highest BCUT2D eigenvalue weighted by atomic mass is 16.1. The van der Waals surface area contributed by atoms with Crippen molar-refractivity contribution in [2.75, 3.05) is 0 Å². The van der Waals surface area contributed by atoms with Crippen LogP contribution in [0.25, 0.3) is 0 Å². The zero-order valence-corrected chi connectivity index (χ0v) is 8.26. The summed E-state index contributed by atoms with van der Waals surface area (Å²) in [6, 6.07) is 0. The maximum Gasteiger partial charge on any atom is 0.147 e. The summed E-state index contributed by atoms with van der Waals surface area (Å²) in [5.74, 6) is -0.0660. The van der Waals surface area contributed by atoms with E-state index in [2.05, 4.69) is 0 Å². The van der Waals surface area contributed by atoms with Crippen molar-refractivity contribution in [2.45, 2.75) is 27.2 Å². The highest BCUT2D eigenvalue weighted by molar-refractivity contribution is 6.00. The molecular formula is C11H14O2. The molecule has 0 saturated heterocycles. The topological polar surface area (TPSA) is 34.1 Å². The van der Waals surface area contributed by atoms with Crippen molar-refractivity contribution in [3.63, 3.8) is 0 Å². The van der Waals surface area contributed by atoms with Crippen LogP contribution in [0, 0.1) is 5.41 Å². The van der Waals surface area contributed by atoms with Crippen molar-refractivity contribution < 1.29 is 9.59 Å². The lowest BCUT2D eigenvalue weighted by Crippen LogP contribution is -2.33. The highest BCUT2D eigenvalue weighted by Gasteiger charge is 2.38. The number of rotatable bonds is 2. The van der Waals surface area contributed by atoms with E-state index in [0.29, 0.717) is 6.42 Å². The molecule has 0 radical (unpaired) electrons. The fraction of sp³-hybridized carbons (Fsp3) is 0.455. The van der Waals surface area contributed by atoms with E-state index < -0.39 is 5.41 Å². The minimum Gasteiger partial charge on any atom is -0.302 e. The predicted molar refractivity (Wildman–Crippen MR) is 51.3 cm³/mol. The lowest BCUT2D eigenvalue weighted by molar-refractivity contribution is -0.130. The van der Waals surface area contributed by atoms with Crippen molar-refractivity contribution in [3.05, 3.63) is 23.3 Å². The lowest BCUT2D eigenvalue weighted by Gasteiger charge is -2.29. The lowest BCUT2D eigenvalue weighted by atomic mass is 9.71. The molecule has 0 bridgehead atoms. The molecule has 1 aliphatic carbocycles. The molecule has 13 heavy (non-hydrogen) atoms. The predicted octanol–water partition coefficient (Wildman–Crippen LogP) is 2.06. The SMILES string of the molecule is CC(=O)C1(C=O)CC(C)=CC=C1C. The van der Waals surface area contributed by atoms with Gasteiger partial charge in [-0.15, -0.1) is 0 Å². The first-order valence-corrected chi connectivity index (χ1v) is 4.35. The number of ketones is 1. The average Bonchev–Trinajstić information content (AvgIpc) is 2.09. The average molecular weight is 178 g/mol. The monoisotopic (exact) mass is 178 g/mol. The first-order chi connectivity index (χ1) is 6.03. The van der Waals surface area contributed by atoms with Crippen LogP contribution >= 0.6 is 0 Å². The van der Waals surface area contributed by atoms with Crippen LogP contribution in [0.4, 0.5) is 0 Å². The van der Waals surface area contributed by atoms with E-state index in [1.807, 2.05) is 26.0 Å². The van der Waals surface area contributed by atoms with Crippen LogP contribution in [-0.2, 0) is 9.59 Å². The molecule has 0 spiro atoms. The van der Waals surface area contributed by atoms with Gasteiger partial charge in [0.15, 0.2) is 0 Å². The maximum absolute atomic E-state index is 11.4. The smallest absolute Gasteiger partial charge is 0.147 e. The molecule has 1 aliphatic rings. The van der Waals surface area contributed by atoms with Crippen LogP contribution in [0.2, 0.25) is 0 Å². The molecule has 1 atom stereocenters. The Hall–Kier alpha value is -1.18. The van der Waals surface area contributed by atoms with Gasteiger partial charge in [0, 0.05) is 0 Å². The number of aldehydes is 1. The summed E-state index contributed by atoms with van der Waals surface area (Å²) < 4.78 is 0. The molecule has 1 unspecified atom stereocenters. The molecule has 0 aliphatic heterocycles. The summed E-state index contributed by atoms with van der Waals surface area (Å²) >= 11 is 0. The summed E-state index contributed by atoms with van der Waals surface area (Å²) in [4.78, 5) is 22.4. The van der Waals surface area contributed by atoms with Crippen molar-refractivity contribution in [3.8, 4) is 0 Å². The Morgan fingerprint density at radius 1 is 1.46 bits per heavy atom. The van der Waals surface area contributed by atoms with E-state index in [-0.39, 0.29) is 5.78 Å². The van der Waals surface area contributed by atoms with Gasteiger partial charge in [-0.3, -0.25) is 4.79 Å². The van der Waals surface area contributed by atoms with Gasteiger partial charge in [0.25, 0.3) is 0 Å². The third kappa shape index (κ3) is 1.48. The number of Topliss-reactive ketones (excluding diaryl/α,β-unsaturated/α-hetero) is 1. The van der Waals surface area contributed by atoms with Crippen LogP contribution in [0.5, 0.6) is 0 Å². The number of hydrogen-bond donors (Lipinski definition) is 0. The second-order valence-electron chi connectivity index (χ2n) is 3.68. The van der Waals surface area contributed by atoms with Crippen LogP contribution < -0.4 is 0 Å². The first-order valence-electron chi connectivity index (χ1n) is 4.35. The van der Waals surface area contributed by atoms with E-state index >= 15 is 0 Å². The molecule has 0 aromatic rings. The third-order valence-corrected chi connectivity index (χ3v) is 2.71. The third-order valence-electron chi connectivity index (χ3n) is 2.71. The van der Waals surface area contributed by atoms with Crippen molar-refractivity contribution in [2.24, 2.45) is 5.41 Å². The molecule has 2 nitrogen and oxygen atoms in total.